The molecule has 0 saturated heterocycles. The lowest BCUT2D eigenvalue weighted by Gasteiger charge is -2.34. The van der Waals surface area contributed by atoms with Crippen molar-refractivity contribution in [2.75, 3.05) is 6.61 Å². The number of amides is 1. The Bertz CT molecular complexity index is 631. The van der Waals surface area contributed by atoms with E-state index in [9.17, 15) is 19.7 Å². The first-order valence-electron chi connectivity index (χ1n) is 8.09. The van der Waals surface area contributed by atoms with Crippen molar-refractivity contribution in [1.29, 1.82) is 0 Å². The minimum atomic E-state index is -0.751. The molecule has 1 fully saturated rings. The number of rotatable bonds is 5. The molecule has 0 bridgehead atoms. The van der Waals surface area contributed by atoms with Gasteiger partial charge in [-0.1, -0.05) is 32.8 Å². The number of hydrogen-bond donors (Lipinski definition) is 1. The Balaban J connectivity index is 1.86. The van der Waals surface area contributed by atoms with Crippen LogP contribution in [0, 0.1) is 22.0 Å². The van der Waals surface area contributed by atoms with Crippen LogP contribution in [0.25, 0.3) is 0 Å². The molecule has 0 heterocycles. The number of non-ortho nitro benzene ring substituents is 1. The molecule has 1 aromatic carbocycles. The van der Waals surface area contributed by atoms with Gasteiger partial charge in [0.1, 0.15) is 0 Å². The fourth-order valence-corrected chi connectivity index (χ4v) is 3.00. The normalized spacial score (nSPS) is 23.3. The Hall–Kier alpha value is -2.44. The standard InChI is InChI=1S/C17H22N2O5/c1-11-5-3-8-15(12(11)2)18-16(20)10-24-17(21)13-6-4-7-14(9-13)19(22)23/h4,6-7,9,11-12,15H,3,5,8,10H2,1-2H3,(H,18,20). The van der Waals surface area contributed by atoms with E-state index in [0.29, 0.717) is 11.8 Å². The van der Waals surface area contributed by atoms with Crippen molar-refractivity contribution in [3.63, 3.8) is 0 Å². The zero-order chi connectivity index (χ0) is 17.7. The van der Waals surface area contributed by atoms with Crippen LogP contribution in [0.1, 0.15) is 43.5 Å². The van der Waals surface area contributed by atoms with E-state index in [1.165, 1.54) is 18.2 Å². The molecule has 0 radical (unpaired) electrons. The van der Waals surface area contributed by atoms with E-state index in [2.05, 4.69) is 19.2 Å². The maximum absolute atomic E-state index is 12.0. The van der Waals surface area contributed by atoms with Crippen LogP contribution in [0.2, 0.25) is 0 Å². The number of benzene rings is 1. The average molecular weight is 334 g/mol. The molecule has 7 nitrogen and oxygen atoms in total. The van der Waals surface area contributed by atoms with Crippen LogP contribution in [0.5, 0.6) is 0 Å². The maximum atomic E-state index is 12.0. The van der Waals surface area contributed by atoms with Crippen molar-refractivity contribution in [2.24, 2.45) is 11.8 Å². The van der Waals surface area contributed by atoms with Crippen LogP contribution in [-0.2, 0) is 9.53 Å². The van der Waals surface area contributed by atoms with Gasteiger partial charge in [0, 0.05) is 18.2 Å². The highest BCUT2D eigenvalue weighted by molar-refractivity contribution is 5.91. The van der Waals surface area contributed by atoms with Crippen LogP contribution >= 0.6 is 0 Å². The number of nitro groups is 1. The first kappa shape index (κ1) is 17.9. The van der Waals surface area contributed by atoms with Crippen molar-refractivity contribution in [3.8, 4) is 0 Å². The monoisotopic (exact) mass is 334 g/mol. The molecule has 1 aromatic rings. The summed E-state index contributed by atoms with van der Waals surface area (Å²) in [6.07, 6.45) is 3.16. The van der Waals surface area contributed by atoms with Crippen LogP contribution < -0.4 is 5.32 Å². The highest BCUT2D eigenvalue weighted by atomic mass is 16.6. The van der Waals surface area contributed by atoms with Crippen molar-refractivity contribution in [2.45, 2.75) is 39.2 Å². The van der Waals surface area contributed by atoms with Gasteiger partial charge in [-0.2, -0.15) is 0 Å². The quantitative estimate of drug-likeness (QED) is 0.507. The largest absolute Gasteiger partial charge is 0.452 e. The molecule has 1 aliphatic carbocycles. The van der Waals surface area contributed by atoms with Crippen molar-refractivity contribution < 1.29 is 19.2 Å². The van der Waals surface area contributed by atoms with E-state index < -0.39 is 10.9 Å². The molecule has 0 spiro atoms. The van der Waals surface area contributed by atoms with Crippen LogP contribution in [0.15, 0.2) is 24.3 Å². The number of nitrogens with zero attached hydrogens (tertiary/aromatic N) is 1. The van der Waals surface area contributed by atoms with Gasteiger partial charge < -0.3 is 10.1 Å². The predicted octanol–water partition coefficient (Wildman–Crippen LogP) is 2.69. The molecule has 1 amide bonds. The van der Waals surface area contributed by atoms with E-state index in [4.69, 9.17) is 4.74 Å². The Labute approximate surface area is 140 Å². The van der Waals surface area contributed by atoms with Gasteiger partial charge in [-0.3, -0.25) is 14.9 Å². The number of ether oxygens (including phenoxy) is 1. The molecule has 1 saturated carbocycles. The third kappa shape index (κ3) is 4.53. The van der Waals surface area contributed by atoms with Crippen LogP contribution in [0.4, 0.5) is 5.69 Å². The maximum Gasteiger partial charge on any atom is 0.338 e. The Morgan fingerprint density at radius 2 is 2.08 bits per heavy atom. The van der Waals surface area contributed by atoms with Gasteiger partial charge in [0.2, 0.25) is 0 Å². The fourth-order valence-electron chi connectivity index (χ4n) is 3.00. The number of esters is 1. The molecular formula is C17H22N2O5. The summed E-state index contributed by atoms with van der Waals surface area (Å²) >= 11 is 0. The van der Waals surface area contributed by atoms with Crippen molar-refractivity contribution in [3.05, 3.63) is 39.9 Å². The second-order valence-electron chi connectivity index (χ2n) is 6.32. The molecule has 24 heavy (non-hydrogen) atoms. The minimum absolute atomic E-state index is 0.0525. The molecular weight excluding hydrogens is 312 g/mol. The Morgan fingerprint density at radius 1 is 1.33 bits per heavy atom. The van der Waals surface area contributed by atoms with E-state index in [0.717, 1.165) is 25.3 Å². The number of hydrogen-bond acceptors (Lipinski definition) is 5. The molecule has 7 heteroatoms. The van der Waals surface area contributed by atoms with E-state index >= 15 is 0 Å². The highest BCUT2D eigenvalue weighted by Gasteiger charge is 2.28. The SMILES string of the molecule is CC1CCCC(NC(=O)COC(=O)c2cccc([N+](=O)[O-])c2)C1C. The first-order valence-corrected chi connectivity index (χ1v) is 8.09. The molecule has 0 aromatic heterocycles. The van der Waals surface area contributed by atoms with Gasteiger partial charge in [-0.25, -0.2) is 4.79 Å². The van der Waals surface area contributed by atoms with E-state index in [1.807, 2.05) is 0 Å². The number of carbonyl (C=O) groups excluding carboxylic acids is 2. The lowest BCUT2D eigenvalue weighted by molar-refractivity contribution is -0.384. The van der Waals surface area contributed by atoms with Crippen LogP contribution in [0.3, 0.4) is 0 Å². The smallest absolute Gasteiger partial charge is 0.338 e. The summed E-state index contributed by atoms with van der Waals surface area (Å²) in [4.78, 5) is 34.0. The first-order chi connectivity index (χ1) is 11.4. The fraction of sp³-hybridized carbons (Fsp3) is 0.529. The molecule has 3 unspecified atom stereocenters. The van der Waals surface area contributed by atoms with Crippen LogP contribution in [-0.4, -0.2) is 29.4 Å². The number of carbonyl (C=O) groups is 2. The van der Waals surface area contributed by atoms with Gasteiger partial charge in [0.05, 0.1) is 10.5 Å². The molecule has 3 atom stereocenters. The van der Waals surface area contributed by atoms with E-state index in [-0.39, 0.29) is 29.8 Å². The third-order valence-corrected chi connectivity index (χ3v) is 4.68. The Kier molecular flexibility index (Phi) is 5.89. The minimum Gasteiger partial charge on any atom is -0.452 e. The summed E-state index contributed by atoms with van der Waals surface area (Å²) in [5.41, 5.74) is -0.143. The van der Waals surface area contributed by atoms with Gasteiger partial charge in [-0.05, 0) is 24.3 Å². The lowest BCUT2D eigenvalue weighted by Crippen LogP contribution is -2.45. The summed E-state index contributed by atoms with van der Waals surface area (Å²) in [5, 5.41) is 13.6. The number of nitro benzene ring substituents is 1. The summed E-state index contributed by atoms with van der Waals surface area (Å²) in [5.74, 6) is -0.162. The molecule has 1 aliphatic rings. The van der Waals surface area contributed by atoms with Gasteiger partial charge in [0.25, 0.3) is 11.6 Å². The summed E-state index contributed by atoms with van der Waals surface area (Å²) in [7, 11) is 0. The second kappa shape index (κ2) is 7.90. The third-order valence-electron chi connectivity index (χ3n) is 4.68. The average Bonchev–Trinajstić information content (AvgIpc) is 2.57. The number of nitrogens with one attached hydrogen (secondary N) is 1. The van der Waals surface area contributed by atoms with Crippen molar-refractivity contribution >= 4 is 17.6 Å². The molecule has 1 N–H and O–H groups in total. The summed E-state index contributed by atoms with van der Waals surface area (Å²) in [6, 6.07) is 5.33. The van der Waals surface area contributed by atoms with Gasteiger partial charge in [0.15, 0.2) is 6.61 Å². The lowest BCUT2D eigenvalue weighted by atomic mass is 9.78. The van der Waals surface area contributed by atoms with Gasteiger partial charge in [-0.15, -0.1) is 0 Å². The highest BCUT2D eigenvalue weighted by Crippen LogP contribution is 2.29. The van der Waals surface area contributed by atoms with Crippen molar-refractivity contribution in [1.82, 2.24) is 5.32 Å². The topological polar surface area (TPSA) is 98.5 Å². The summed E-state index contributed by atoms with van der Waals surface area (Å²) in [6.45, 7) is 3.90. The van der Waals surface area contributed by atoms with Gasteiger partial charge >= 0.3 is 5.97 Å². The zero-order valence-corrected chi connectivity index (χ0v) is 13.9. The second-order valence-corrected chi connectivity index (χ2v) is 6.32. The van der Waals surface area contributed by atoms with E-state index in [1.54, 1.807) is 0 Å². The molecule has 130 valence electrons. The predicted molar refractivity (Wildman–Crippen MR) is 87.5 cm³/mol. The molecule has 0 aliphatic heterocycles. The summed E-state index contributed by atoms with van der Waals surface area (Å²) < 4.78 is 4.95. The zero-order valence-electron chi connectivity index (χ0n) is 13.9. The Morgan fingerprint density at radius 3 is 2.79 bits per heavy atom. The molecule has 2 rings (SSSR count).